The molecule has 2 aromatic carbocycles. The van der Waals surface area contributed by atoms with Crippen molar-refractivity contribution in [2.45, 2.75) is 130 Å². The van der Waals surface area contributed by atoms with Crippen LogP contribution < -0.4 is 20.7 Å². The second-order valence-electron chi connectivity index (χ2n) is 15.8. The van der Waals surface area contributed by atoms with Gasteiger partial charge in [-0.15, -0.1) is 10.1 Å². The zero-order chi connectivity index (χ0) is 41.9. The van der Waals surface area contributed by atoms with E-state index in [0.717, 1.165) is 19.3 Å². The topological polar surface area (TPSA) is 200 Å². The maximum Gasteiger partial charge on any atom is 0.418 e. The minimum atomic E-state index is -1.26. The van der Waals surface area contributed by atoms with E-state index in [2.05, 4.69) is 20.8 Å². The number of fused-ring (bicyclic) bond motifs is 1. The van der Waals surface area contributed by atoms with Crippen molar-refractivity contribution in [2.24, 2.45) is 5.41 Å². The largest absolute Gasteiger partial charge is 0.452 e. The molecular weight excluding hydrogens is 736 g/mol. The first-order valence-electron chi connectivity index (χ1n) is 19.5. The number of hydrogen-bond donors (Lipinski definition) is 3. The van der Waals surface area contributed by atoms with Gasteiger partial charge in [-0.1, -0.05) is 70.9 Å². The highest BCUT2D eigenvalue weighted by Gasteiger charge is 2.36. The molecule has 4 rings (SSSR count). The van der Waals surface area contributed by atoms with Gasteiger partial charge < -0.3 is 35.2 Å². The lowest BCUT2D eigenvalue weighted by molar-refractivity contribution is -0.763. The summed E-state index contributed by atoms with van der Waals surface area (Å²) in [5.74, 6) is -1.86. The molecule has 310 valence electrons. The van der Waals surface area contributed by atoms with E-state index in [0.29, 0.717) is 34.9 Å². The zero-order valence-electron chi connectivity index (χ0n) is 33.9. The highest BCUT2D eigenvalue weighted by Crippen LogP contribution is 2.26. The van der Waals surface area contributed by atoms with Gasteiger partial charge in [0.25, 0.3) is 5.09 Å². The predicted octanol–water partition coefficient (Wildman–Crippen LogP) is 6.05. The number of urea groups is 1. The van der Waals surface area contributed by atoms with E-state index in [9.17, 15) is 34.1 Å². The van der Waals surface area contributed by atoms with Crippen LogP contribution in [0.1, 0.15) is 97.6 Å². The third-order valence-corrected chi connectivity index (χ3v) is 10.0. The summed E-state index contributed by atoms with van der Waals surface area (Å²) in [6, 6.07) is 9.26. The minimum absolute atomic E-state index is 0.0156. The Hall–Kier alpha value is -5.67. The number of likely N-dealkylation sites (tertiary alicyclic amines) is 1. The Morgan fingerprint density at radius 3 is 2.16 bits per heavy atom. The molecule has 5 atom stereocenters. The summed E-state index contributed by atoms with van der Waals surface area (Å²) in [6.07, 6.45) is 5.30. The minimum Gasteiger partial charge on any atom is -0.452 e. The van der Waals surface area contributed by atoms with E-state index >= 15 is 0 Å². The van der Waals surface area contributed by atoms with Gasteiger partial charge in [-0.3, -0.25) is 14.2 Å². The van der Waals surface area contributed by atoms with E-state index in [-0.39, 0.29) is 49.7 Å². The molecule has 1 saturated heterocycles. The number of hydrogen-bond acceptors (Lipinski definition) is 10. The molecule has 1 aromatic heterocycles. The molecule has 1 aliphatic heterocycles. The van der Waals surface area contributed by atoms with Crippen LogP contribution in [0.3, 0.4) is 0 Å². The zero-order valence-corrected chi connectivity index (χ0v) is 33.9. The van der Waals surface area contributed by atoms with Crippen LogP contribution in [-0.2, 0) is 37.0 Å². The number of rotatable bonds is 16. The molecule has 4 amide bonds. The Labute approximate surface area is 333 Å². The van der Waals surface area contributed by atoms with Crippen LogP contribution in [-0.4, -0.2) is 81.8 Å². The third-order valence-electron chi connectivity index (χ3n) is 10.0. The van der Waals surface area contributed by atoms with E-state index in [1.165, 1.54) is 35.9 Å². The van der Waals surface area contributed by atoms with E-state index in [1.807, 2.05) is 41.5 Å². The van der Waals surface area contributed by atoms with Gasteiger partial charge in [0.2, 0.25) is 11.8 Å². The molecule has 0 saturated carbocycles. The summed E-state index contributed by atoms with van der Waals surface area (Å²) in [5.41, 5.74) is 1.17. The number of amides is 4. The van der Waals surface area contributed by atoms with Gasteiger partial charge in [-0.2, -0.15) is 0 Å². The summed E-state index contributed by atoms with van der Waals surface area (Å²) in [4.78, 5) is 85.5. The van der Waals surface area contributed by atoms with Crippen molar-refractivity contribution < 1.29 is 43.4 Å². The van der Waals surface area contributed by atoms with Gasteiger partial charge in [-0.25, -0.2) is 14.4 Å². The Balaban J connectivity index is 1.65. The average Bonchev–Trinajstić information content (AvgIpc) is 3.52. The number of benzene rings is 2. The van der Waals surface area contributed by atoms with Gasteiger partial charge in [0.05, 0.1) is 12.6 Å². The summed E-state index contributed by atoms with van der Waals surface area (Å²) in [7, 11) is 1.26. The van der Waals surface area contributed by atoms with Crippen LogP contribution in [0, 0.1) is 15.5 Å². The average molecular weight is 793 g/mol. The Bertz CT molecular complexity index is 1880. The molecule has 0 bridgehead atoms. The fourth-order valence-corrected chi connectivity index (χ4v) is 7.13. The molecule has 4 unspecified atom stereocenters. The highest BCUT2D eigenvalue weighted by atomic mass is 16.9. The van der Waals surface area contributed by atoms with Crippen molar-refractivity contribution in [1.29, 1.82) is 0 Å². The van der Waals surface area contributed by atoms with E-state index in [4.69, 9.17) is 9.47 Å². The van der Waals surface area contributed by atoms with Gasteiger partial charge >= 0.3 is 18.1 Å². The van der Waals surface area contributed by atoms with Crippen LogP contribution >= 0.6 is 0 Å². The normalized spacial score (nSPS) is 17.1. The Morgan fingerprint density at radius 1 is 0.912 bits per heavy atom. The first-order chi connectivity index (χ1) is 27.0. The number of esters is 1. The molecule has 57 heavy (non-hydrogen) atoms. The Kier molecular flexibility index (Phi) is 15.4. The maximum absolute atomic E-state index is 14.4. The van der Waals surface area contributed by atoms with Gasteiger partial charge in [0, 0.05) is 30.1 Å². The number of aromatic nitrogens is 1. The summed E-state index contributed by atoms with van der Waals surface area (Å²) < 4.78 is 11.9. The second kappa shape index (κ2) is 20.0. The molecule has 16 heteroatoms. The number of para-hydroxylation sites is 1. The SMILES string of the molecule is CCCC[C@@H](NC(=O)C(Cc1cn(C(=O)OC)c2ccccc12)NC(=O)C(CC(C)(C)C)NC(=O)N1C(C)CCCC1C)C(=O)Oc1ccc(CO[N+](=O)[O-])cc1. The fourth-order valence-electron chi connectivity index (χ4n) is 7.13. The summed E-state index contributed by atoms with van der Waals surface area (Å²) in [6.45, 7) is 11.5. The lowest BCUT2D eigenvalue weighted by atomic mass is 9.87. The van der Waals surface area contributed by atoms with Gasteiger partial charge in [0.15, 0.2) is 0 Å². The van der Waals surface area contributed by atoms with E-state index in [1.54, 1.807) is 35.4 Å². The number of methoxy groups -OCH3 is 1. The number of ether oxygens (including phenoxy) is 2. The fraction of sp³-hybridized carbons (Fsp3) is 0.537. The van der Waals surface area contributed by atoms with Crippen LogP contribution in [0.5, 0.6) is 5.75 Å². The van der Waals surface area contributed by atoms with E-state index < -0.39 is 52.5 Å². The molecule has 0 spiro atoms. The first kappa shape index (κ1) is 44.0. The monoisotopic (exact) mass is 792 g/mol. The van der Waals surface area contributed by atoms with Crippen LogP contribution in [0.15, 0.2) is 54.7 Å². The van der Waals surface area contributed by atoms with Crippen LogP contribution in [0.2, 0.25) is 0 Å². The molecular formula is C41H56N6O10. The summed E-state index contributed by atoms with van der Waals surface area (Å²) >= 11 is 0. The van der Waals surface area contributed by atoms with Crippen molar-refractivity contribution >= 4 is 40.8 Å². The van der Waals surface area contributed by atoms with Gasteiger partial charge in [-0.05, 0) is 80.7 Å². The van der Waals surface area contributed by atoms with Gasteiger partial charge in [0.1, 0.15) is 30.5 Å². The highest BCUT2D eigenvalue weighted by molar-refractivity contribution is 5.96. The number of unbranched alkanes of at least 4 members (excludes halogenated alkanes) is 1. The van der Waals surface area contributed by atoms with Crippen LogP contribution in [0.25, 0.3) is 10.9 Å². The quantitative estimate of drug-likeness (QED) is 0.0664. The molecule has 0 aliphatic carbocycles. The van der Waals surface area contributed by atoms with Crippen molar-refractivity contribution in [3.8, 4) is 5.75 Å². The first-order valence-corrected chi connectivity index (χ1v) is 19.5. The molecule has 0 radical (unpaired) electrons. The van der Waals surface area contributed by atoms with Crippen molar-refractivity contribution in [3.05, 3.63) is 76.0 Å². The van der Waals surface area contributed by atoms with Crippen molar-refractivity contribution in [3.63, 3.8) is 0 Å². The number of carbonyl (C=O) groups excluding carboxylic acids is 5. The molecule has 16 nitrogen and oxygen atoms in total. The molecule has 3 N–H and O–H groups in total. The lowest BCUT2D eigenvalue weighted by Gasteiger charge is -2.40. The third kappa shape index (κ3) is 12.4. The van der Waals surface area contributed by atoms with Crippen molar-refractivity contribution in [1.82, 2.24) is 25.4 Å². The molecule has 3 aromatic rings. The number of carbonyl (C=O) groups is 5. The standard InChI is InChI=1S/C41H56N6O10/c1-8-9-16-32(38(50)57-30-20-18-28(19-21-30)25-56-47(53)54)42-36(48)33(22-29-24-45(40(52)55-7)35-17-11-10-15-31(29)35)43-37(49)34(23-41(4,5)6)44-39(51)46-26(2)13-12-14-27(46)3/h10-11,15,17-21,24,26-27,32-34H,8-9,12-14,16,22-23,25H2,1-7H3,(H,42,48)(H,43,49)(H,44,51)/t26?,27?,32-,33?,34?/m1/s1. The number of nitrogens with zero attached hydrogens (tertiary/aromatic N) is 3. The smallest absolute Gasteiger partial charge is 0.418 e. The predicted molar refractivity (Wildman–Crippen MR) is 212 cm³/mol. The second-order valence-corrected chi connectivity index (χ2v) is 15.8. The summed E-state index contributed by atoms with van der Waals surface area (Å²) in [5, 5.41) is 19.0. The lowest BCUT2D eigenvalue weighted by Crippen LogP contribution is -2.60. The molecule has 1 aliphatic rings. The van der Waals surface area contributed by atoms with Crippen LogP contribution in [0.4, 0.5) is 9.59 Å². The Morgan fingerprint density at radius 2 is 1.54 bits per heavy atom. The molecule has 2 heterocycles. The van der Waals surface area contributed by atoms with Crippen molar-refractivity contribution in [2.75, 3.05) is 7.11 Å². The number of nitrogens with one attached hydrogen (secondary N) is 3. The maximum atomic E-state index is 14.4. The number of piperidine rings is 1. The molecule has 1 fully saturated rings.